The minimum atomic E-state index is -3.61. The fourth-order valence-electron chi connectivity index (χ4n) is 1.28. The lowest BCUT2D eigenvalue weighted by atomic mass is 10.2. The highest BCUT2D eigenvalue weighted by atomic mass is 32.2. The molecule has 0 saturated heterocycles. The molecule has 23 heavy (non-hydrogen) atoms. The zero-order valence-corrected chi connectivity index (χ0v) is 14.9. The number of hydrogen-bond donors (Lipinski definition) is 2. The molecule has 1 rings (SSSR count). The molecule has 8 heteroatoms. The predicted molar refractivity (Wildman–Crippen MR) is 93.1 cm³/mol. The van der Waals surface area contributed by atoms with E-state index >= 15 is 0 Å². The molecule has 1 aromatic rings. The fourth-order valence-corrected chi connectivity index (χ4v) is 2.65. The van der Waals surface area contributed by atoms with Crippen LogP contribution in [0.2, 0.25) is 0 Å². The number of carbonyl (C=O) groups is 1. The third-order valence-corrected chi connectivity index (χ3v) is 4.54. The van der Waals surface area contributed by atoms with Crippen LogP contribution >= 0.6 is 11.8 Å². The van der Waals surface area contributed by atoms with Crippen molar-refractivity contribution in [3.8, 4) is 0 Å². The Morgan fingerprint density at radius 3 is 2.43 bits per heavy atom. The Hall–Kier alpha value is -1.35. The summed E-state index contributed by atoms with van der Waals surface area (Å²) in [5.41, 5.74) is 6.20. The van der Waals surface area contributed by atoms with E-state index in [0.29, 0.717) is 6.42 Å². The molecule has 1 aromatic carbocycles. The van der Waals surface area contributed by atoms with Crippen LogP contribution in [-0.2, 0) is 19.1 Å². The second-order valence-corrected chi connectivity index (χ2v) is 7.17. The molecule has 0 spiro atoms. The van der Waals surface area contributed by atoms with Crippen LogP contribution in [-0.4, -0.2) is 44.2 Å². The second kappa shape index (κ2) is 11.2. The van der Waals surface area contributed by atoms with Crippen LogP contribution in [0.3, 0.4) is 0 Å². The highest BCUT2D eigenvalue weighted by molar-refractivity contribution is 7.98. The molecule has 0 saturated carbocycles. The van der Waals surface area contributed by atoms with Gasteiger partial charge in [0.25, 0.3) is 10.1 Å². The largest absolute Gasteiger partial charge is 0.480 e. The molecular weight excluding hydrogens is 338 g/mol. The number of aryl methyl sites for hydroxylation is 1. The number of rotatable bonds is 8. The van der Waals surface area contributed by atoms with Crippen molar-refractivity contribution in [2.24, 2.45) is 5.73 Å². The van der Waals surface area contributed by atoms with Crippen LogP contribution in [0.5, 0.6) is 0 Å². The summed E-state index contributed by atoms with van der Waals surface area (Å²) in [6, 6.07) is 5.81. The van der Waals surface area contributed by atoms with Gasteiger partial charge in [0.05, 0.1) is 11.5 Å². The number of carboxylic acid groups (broad SMARTS) is 1. The first-order valence-electron chi connectivity index (χ1n) is 6.79. The first-order valence-corrected chi connectivity index (χ1v) is 9.59. The number of thioether (sulfide) groups is 1. The molecule has 1 atom stereocenters. The number of carboxylic acids is 1. The molecule has 0 radical (unpaired) electrons. The van der Waals surface area contributed by atoms with Crippen LogP contribution in [0, 0.1) is 6.92 Å². The lowest BCUT2D eigenvalue weighted by Gasteiger charge is -2.03. The van der Waals surface area contributed by atoms with E-state index in [1.807, 2.05) is 13.2 Å². The van der Waals surface area contributed by atoms with E-state index in [1.165, 1.54) is 18.2 Å². The summed E-state index contributed by atoms with van der Waals surface area (Å²) >= 11 is 1.60. The molecule has 0 amide bonds. The van der Waals surface area contributed by atoms with Crippen molar-refractivity contribution in [3.63, 3.8) is 0 Å². The van der Waals surface area contributed by atoms with Crippen LogP contribution in [0.25, 0.3) is 0 Å². The average Bonchev–Trinajstić information content (AvgIpc) is 2.51. The monoisotopic (exact) mass is 361 g/mol. The number of aliphatic carboxylic acids is 1. The normalized spacial score (nSPS) is 12.0. The zero-order valence-electron chi connectivity index (χ0n) is 13.3. The van der Waals surface area contributed by atoms with E-state index in [1.54, 1.807) is 23.9 Å². The smallest absolute Gasteiger partial charge is 0.320 e. The van der Waals surface area contributed by atoms with Gasteiger partial charge in [-0.3, -0.25) is 8.98 Å². The van der Waals surface area contributed by atoms with Crippen molar-refractivity contribution < 1.29 is 22.5 Å². The quantitative estimate of drug-likeness (QED) is 0.539. The molecule has 0 bridgehead atoms. The lowest BCUT2D eigenvalue weighted by molar-refractivity contribution is -0.138. The van der Waals surface area contributed by atoms with Gasteiger partial charge in [-0.15, -0.1) is 6.58 Å². The molecular formula is C15H23NO5S2. The van der Waals surface area contributed by atoms with Crippen LogP contribution in [0.1, 0.15) is 12.0 Å². The Kier molecular flexibility index (Phi) is 10.6. The molecule has 0 aliphatic carbocycles. The third kappa shape index (κ3) is 9.39. The van der Waals surface area contributed by atoms with E-state index in [9.17, 15) is 13.2 Å². The maximum absolute atomic E-state index is 11.4. The van der Waals surface area contributed by atoms with Gasteiger partial charge in [0, 0.05) is 0 Å². The highest BCUT2D eigenvalue weighted by Gasteiger charge is 2.13. The van der Waals surface area contributed by atoms with Crippen molar-refractivity contribution in [2.45, 2.75) is 24.3 Å². The van der Waals surface area contributed by atoms with Gasteiger partial charge < -0.3 is 10.8 Å². The molecule has 6 nitrogen and oxygen atoms in total. The van der Waals surface area contributed by atoms with Gasteiger partial charge >= 0.3 is 5.97 Å². The van der Waals surface area contributed by atoms with Gasteiger partial charge in [-0.1, -0.05) is 23.8 Å². The number of hydrogen-bond acceptors (Lipinski definition) is 6. The minimum Gasteiger partial charge on any atom is -0.480 e. The molecule has 1 unspecified atom stereocenters. The number of benzene rings is 1. The number of nitrogens with two attached hydrogens (primary N) is 1. The Bertz CT molecular complexity index is 584. The van der Waals surface area contributed by atoms with Gasteiger partial charge in [-0.2, -0.15) is 20.2 Å². The van der Waals surface area contributed by atoms with Crippen LogP contribution in [0.15, 0.2) is 41.8 Å². The summed E-state index contributed by atoms with van der Waals surface area (Å²) in [6.45, 7) is 5.27. The Morgan fingerprint density at radius 2 is 2.00 bits per heavy atom. The van der Waals surface area contributed by atoms with Crippen LogP contribution < -0.4 is 5.73 Å². The van der Waals surface area contributed by atoms with E-state index < -0.39 is 22.1 Å². The summed E-state index contributed by atoms with van der Waals surface area (Å²) in [7, 11) is -3.61. The molecule has 3 N–H and O–H groups in total. The van der Waals surface area contributed by atoms with Crippen molar-refractivity contribution in [1.82, 2.24) is 0 Å². The molecule has 0 aromatic heterocycles. The summed E-state index contributed by atoms with van der Waals surface area (Å²) < 4.78 is 27.5. The maximum atomic E-state index is 11.4. The first kappa shape index (κ1) is 21.6. The second-order valence-electron chi connectivity index (χ2n) is 4.57. The Labute approximate surface area is 141 Å². The van der Waals surface area contributed by atoms with Gasteiger partial charge in [-0.05, 0) is 37.5 Å². The molecule has 0 aliphatic rings. The predicted octanol–water partition coefficient (Wildman–Crippen LogP) is 2.04. The molecule has 130 valence electrons. The summed E-state index contributed by atoms with van der Waals surface area (Å²) in [6.07, 6.45) is 3.87. The van der Waals surface area contributed by atoms with Crippen molar-refractivity contribution in [2.75, 3.05) is 18.6 Å². The first-order chi connectivity index (χ1) is 10.7. The molecule has 0 heterocycles. The topological polar surface area (TPSA) is 107 Å². The van der Waals surface area contributed by atoms with E-state index in [-0.39, 0.29) is 11.5 Å². The SMILES string of the molecule is C=CCOS(=O)(=O)c1ccc(C)cc1.CSCCC(N)C(=O)O. The third-order valence-electron chi connectivity index (χ3n) is 2.60. The summed E-state index contributed by atoms with van der Waals surface area (Å²) in [5.74, 6) is -0.1000. The minimum absolute atomic E-state index is 0.00376. The van der Waals surface area contributed by atoms with Gasteiger partial charge in [-0.25, -0.2) is 0 Å². The van der Waals surface area contributed by atoms with Gasteiger partial charge in [0.2, 0.25) is 0 Å². The highest BCUT2D eigenvalue weighted by Crippen LogP contribution is 2.12. The Balaban J connectivity index is 0.000000468. The van der Waals surface area contributed by atoms with Crippen LogP contribution in [0.4, 0.5) is 0 Å². The van der Waals surface area contributed by atoms with Crippen molar-refractivity contribution in [3.05, 3.63) is 42.5 Å². The van der Waals surface area contributed by atoms with Crippen molar-refractivity contribution in [1.29, 1.82) is 0 Å². The van der Waals surface area contributed by atoms with Gasteiger partial charge in [0.15, 0.2) is 0 Å². The summed E-state index contributed by atoms with van der Waals surface area (Å²) in [4.78, 5) is 10.2. The zero-order chi connectivity index (χ0) is 17.9. The Morgan fingerprint density at radius 1 is 1.43 bits per heavy atom. The maximum Gasteiger partial charge on any atom is 0.320 e. The van der Waals surface area contributed by atoms with Gasteiger partial charge in [0.1, 0.15) is 6.04 Å². The van der Waals surface area contributed by atoms with E-state index in [0.717, 1.165) is 11.3 Å². The van der Waals surface area contributed by atoms with Crippen molar-refractivity contribution >= 4 is 27.8 Å². The van der Waals surface area contributed by atoms with E-state index in [4.69, 9.17) is 10.8 Å². The van der Waals surface area contributed by atoms with E-state index in [2.05, 4.69) is 10.8 Å². The average molecular weight is 361 g/mol. The molecule has 0 fully saturated rings. The summed E-state index contributed by atoms with van der Waals surface area (Å²) in [5, 5.41) is 8.27. The lowest BCUT2D eigenvalue weighted by Crippen LogP contribution is -2.30. The molecule has 0 aliphatic heterocycles. The standard InChI is InChI=1S/C10H12O3S.C5H11NO2S/c1-3-8-13-14(11,12)10-6-4-9(2)5-7-10;1-9-3-2-4(6)5(7)8/h3-7H,1,8H2,2H3;4H,2-3,6H2,1H3,(H,7,8). The fraction of sp³-hybridized carbons (Fsp3) is 0.400.